The van der Waals surface area contributed by atoms with Crippen LogP contribution in [0.25, 0.3) is 10.2 Å². The third-order valence-corrected chi connectivity index (χ3v) is 5.30. The number of hydrogen-bond acceptors (Lipinski definition) is 5. The molecule has 1 atom stereocenters. The highest BCUT2D eigenvalue weighted by Gasteiger charge is 2.25. The first-order chi connectivity index (χ1) is 10.2. The van der Waals surface area contributed by atoms with Crippen LogP contribution >= 0.6 is 11.3 Å². The zero-order valence-electron chi connectivity index (χ0n) is 12.2. The van der Waals surface area contributed by atoms with Gasteiger partial charge in [0.05, 0.1) is 18.8 Å². The zero-order valence-corrected chi connectivity index (χ0v) is 13.0. The fourth-order valence-corrected chi connectivity index (χ4v) is 4.21. The third kappa shape index (κ3) is 2.27. The summed E-state index contributed by atoms with van der Waals surface area (Å²) in [6.45, 7) is 1.86. The molecule has 112 valence electrons. The molecule has 0 fully saturated rings. The Bertz CT molecular complexity index is 747. The van der Waals surface area contributed by atoms with E-state index in [1.54, 1.807) is 11.3 Å². The van der Waals surface area contributed by atoms with Gasteiger partial charge in [0, 0.05) is 4.88 Å². The number of carbonyl (C=O) groups is 1. The molecule has 0 saturated carbocycles. The summed E-state index contributed by atoms with van der Waals surface area (Å²) in [6, 6.07) is -0.599. The first-order valence-corrected chi connectivity index (χ1v) is 8.08. The summed E-state index contributed by atoms with van der Waals surface area (Å²) in [5.74, 6) is -0.398. The fraction of sp³-hybridized carbons (Fsp3) is 0.533. The van der Waals surface area contributed by atoms with E-state index >= 15 is 0 Å². The van der Waals surface area contributed by atoms with Gasteiger partial charge in [-0.1, -0.05) is 6.92 Å². The van der Waals surface area contributed by atoms with Crippen molar-refractivity contribution in [1.29, 1.82) is 0 Å². The minimum atomic E-state index is -0.599. The van der Waals surface area contributed by atoms with E-state index in [1.807, 2.05) is 6.92 Å². The molecule has 0 amide bonds. The standard InChI is InChI=1S/C15H18N2O3S/c1-3-10(15(19)20-2)17-8-16-13-12(14(17)18)9-6-4-5-7-11(9)21-13/h8,10H,3-7H2,1-2H3. The van der Waals surface area contributed by atoms with E-state index in [-0.39, 0.29) is 5.56 Å². The lowest BCUT2D eigenvalue weighted by Gasteiger charge is -2.15. The Morgan fingerprint density at radius 3 is 2.95 bits per heavy atom. The minimum absolute atomic E-state index is 0.114. The molecule has 1 aliphatic rings. The molecule has 3 rings (SSSR count). The Labute approximate surface area is 126 Å². The van der Waals surface area contributed by atoms with E-state index in [9.17, 15) is 9.59 Å². The molecule has 0 bridgehead atoms. The Hall–Kier alpha value is -1.69. The molecule has 2 heterocycles. The van der Waals surface area contributed by atoms with E-state index in [2.05, 4.69) is 4.98 Å². The topological polar surface area (TPSA) is 61.2 Å². The highest BCUT2D eigenvalue weighted by molar-refractivity contribution is 7.18. The second-order valence-electron chi connectivity index (χ2n) is 5.30. The van der Waals surface area contributed by atoms with Gasteiger partial charge in [0.2, 0.25) is 0 Å². The highest BCUT2D eigenvalue weighted by Crippen LogP contribution is 2.33. The van der Waals surface area contributed by atoms with Gasteiger partial charge in [-0.05, 0) is 37.7 Å². The van der Waals surface area contributed by atoms with Crippen molar-refractivity contribution in [2.75, 3.05) is 7.11 Å². The van der Waals surface area contributed by atoms with Gasteiger partial charge >= 0.3 is 5.97 Å². The van der Waals surface area contributed by atoms with Crippen LogP contribution in [-0.4, -0.2) is 22.6 Å². The monoisotopic (exact) mass is 306 g/mol. The molecule has 0 spiro atoms. The molecule has 0 saturated heterocycles. The van der Waals surface area contributed by atoms with Gasteiger partial charge in [-0.3, -0.25) is 9.36 Å². The van der Waals surface area contributed by atoms with Gasteiger partial charge < -0.3 is 4.74 Å². The fourth-order valence-electron chi connectivity index (χ4n) is 2.99. The summed E-state index contributed by atoms with van der Waals surface area (Å²) >= 11 is 1.62. The van der Waals surface area contributed by atoms with Crippen LogP contribution in [0.15, 0.2) is 11.1 Å². The van der Waals surface area contributed by atoms with Gasteiger partial charge in [0.25, 0.3) is 5.56 Å². The number of methoxy groups -OCH3 is 1. The van der Waals surface area contributed by atoms with Gasteiger partial charge in [-0.2, -0.15) is 0 Å². The second-order valence-corrected chi connectivity index (χ2v) is 6.38. The lowest BCUT2D eigenvalue weighted by atomic mass is 9.97. The maximum absolute atomic E-state index is 12.8. The summed E-state index contributed by atoms with van der Waals surface area (Å²) in [5, 5.41) is 0.708. The predicted octanol–water partition coefficient (Wildman–Crippen LogP) is 2.46. The average molecular weight is 306 g/mol. The first-order valence-electron chi connectivity index (χ1n) is 7.26. The van der Waals surface area contributed by atoms with Crippen molar-refractivity contribution in [1.82, 2.24) is 9.55 Å². The Kier molecular flexibility index (Phi) is 3.80. The van der Waals surface area contributed by atoms with Crippen molar-refractivity contribution in [3.8, 4) is 0 Å². The van der Waals surface area contributed by atoms with Gasteiger partial charge in [-0.25, -0.2) is 9.78 Å². The number of nitrogens with zero attached hydrogens (tertiary/aromatic N) is 2. The Morgan fingerprint density at radius 2 is 2.24 bits per heavy atom. The normalized spacial score (nSPS) is 15.7. The zero-order chi connectivity index (χ0) is 15.0. The van der Waals surface area contributed by atoms with Crippen LogP contribution in [0.4, 0.5) is 0 Å². The maximum Gasteiger partial charge on any atom is 0.329 e. The van der Waals surface area contributed by atoms with Crippen molar-refractivity contribution in [3.05, 3.63) is 27.1 Å². The van der Waals surface area contributed by atoms with Crippen LogP contribution in [-0.2, 0) is 22.4 Å². The first kappa shape index (κ1) is 14.3. The Balaban J connectivity index is 2.20. The number of thiophene rings is 1. The van der Waals surface area contributed by atoms with E-state index in [4.69, 9.17) is 4.74 Å². The van der Waals surface area contributed by atoms with Crippen LogP contribution in [0.1, 0.15) is 42.7 Å². The number of rotatable bonds is 3. The molecule has 5 nitrogen and oxygen atoms in total. The van der Waals surface area contributed by atoms with Crippen molar-refractivity contribution < 1.29 is 9.53 Å². The lowest BCUT2D eigenvalue weighted by Crippen LogP contribution is -2.30. The average Bonchev–Trinajstić information content (AvgIpc) is 2.89. The molecule has 2 aromatic heterocycles. The number of aryl methyl sites for hydroxylation is 2. The predicted molar refractivity (Wildman–Crippen MR) is 81.9 cm³/mol. The molecule has 0 aliphatic heterocycles. The molecule has 21 heavy (non-hydrogen) atoms. The molecular formula is C15H18N2O3S. The van der Waals surface area contributed by atoms with E-state index < -0.39 is 12.0 Å². The van der Waals surface area contributed by atoms with Gasteiger partial charge in [0.1, 0.15) is 10.9 Å². The molecule has 2 aromatic rings. The number of carbonyl (C=O) groups excluding carboxylic acids is 1. The second kappa shape index (κ2) is 5.60. The van der Waals surface area contributed by atoms with Crippen LogP contribution in [0.5, 0.6) is 0 Å². The number of hydrogen-bond donors (Lipinski definition) is 0. The molecule has 1 unspecified atom stereocenters. The number of aromatic nitrogens is 2. The van der Waals surface area contributed by atoms with Crippen molar-refractivity contribution in [2.24, 2.45) is 0 Å². The number of ether oxygens (including phenoxy) is 1. The smallest absolute Gasteiger partial charge is 0.329 e. The summed E-state index contributed by atoms with van der Waals surface area (Å²) < 4.78 is 6.22. The van der Waals surface area contributed by atoms with Crippen LogP contribution in [0.3, 0.4) is 0 Å². The summed E-state index contributed by atoms with van der Waals surface area (Å²) in [6.07, 6.45) is 6.24. The molecule has 1 aliphatic carbocycles. The van der Waals surface area contributed by atoms with Crippen molar-refractivity contribution in [3.63, 3.8) is 0 Å². The lowest BCUT2D eigenvalue weighted by molar-refractivity contribution is -0.144. The molecule has 0 radical (unpaired) electrons. The van der Waals surface area contributed by atoms with Crippen molar-refractivity contribution in [2.45, 2.75) is 45.1 Å². The molecule has 0 aromatic carbocycles. The third-order valence-electron chi connectivity index (χ3n) is 4.10. The quantitative estimate of drug-likeness (QED) is 0.817. The largest absolute Gasteiger partial charge is 0.467 e. The molecule has 6 heteroatoms. The van der Waals surface area contributed by atoms with Crippen LogP contribution < -0.4 is 5.56 Å². The highest BCUT2D eigenvalue weighted by atomic mass is 32.1. The number of esters is 1. The SMILES string of the molecule is CCC(C(=O)OC)n1cnc2sc3c(c2c1=O)CCCC3. The van der Waals surface area contributed by atoms with E-state index in [1.165, 1.54) is 29.3 Å². The summed E-state index contributed by atoms with van der Waals surface area (Å²) in [7, 11) is 1.34. The maximum atomic E-state index is 12.8. The summed E-state index contributed by atoms with van der Waals surface area (Å²) in [4.78, 5) is 31.1. The Morgan fingerprint density at radius 1 is 1.48 bits per heavy atom. The number of fused-ring (bicyclic) bond motifs is 3. The minimum Gasteiger partial charge on any atom is -0.467 e. The molecule has 0 N–H and O–H groups in total. The van der Waals surface area contributed by atoms with Crippen LogP contribution in [0.2, 0.25) is 0 Å². The van der Waals surface area contributed by atoms with E-state index in [0.717, 1.165) is 29.7 Å². The van der Waals surface area contributed by atoms with Gasteiger partial charge in [0.15, 0.2) is 0 Å². The molecular weight excluding hydrogens is 288 g/mol. The summed E-state index contributed by atoms with van der Waals surface area (Å²) in [5.41, 5.74) is 1.03. The van der Waals surface area contributed by atoms with Crippen molar-refractivity contribution >= 4 is 27.5 Å². The van der Waals surface area contributed by atoms with Crippen LogP contribution in [0, 0.1) is 0 Å². The van der Waals surface area contributed by atoms with E-state index in [0.29, 0.717) is 11.8 Å². The van der Waals surface area contributed by atoms with Gasteiger partial charge in [-0.15, -0.1) is 11.3 Å².